The molecule has 1 aliphatic rings. The van der Waals surface area contributed by atoms with Crippen molar-refractivity contribution in [3.63, 3.8) is 0 Å². The van der Waals surface area contributed by atoms with E-state index in [1.165, 1.54) is 10.6 Å². The molecular formula is C11H20N6O3S. The quantitative estimate of drug-likeness (QED) is 0.784. The van der Waals surface area contributed by atoms with Gasteiger partial charge in [0, 0.05) is 33.2 Å². The molecule has 0 saturated carbocycles. The van der Waals surface area contributed by atoms with Gasteiger partial charge in [-0.25, -0.2) is 13.2 Å². The van der Waals surface area contributed by atoms with Crippen LogP contribution in [0.25, 0.3) is 0 Å². The number of urea groups is 1. The van der Waals surface area contributed by atoms with Crippen molar-refractivity contribution in [3.05, 3.63) is 12.2 Å². The highest BCUT2D eigenvalue weighted by molar-refractivity contribution is 7.88. The molecule has 1 atom stereocenters. The maximum atomic E-state index is 12.2. The Morgan fingerprint density at radius 2 is 1.95 bits per heavy atom. The number of rotatable bonds is 3. The fraction of sp³-hybridized carbons (Fsp3) is 0.727. The second kappa shape index (κ2) is 5.98. The second-order valence-electron chi connectivity index (χ2n) is 5.12. The van der Waals surface area contributed by atoms with Crippen molar-refractivity contribution >= 4 is 16.1 Å². The van der Waals surface area contributed by atoms with Gasteiger partial charge >= 0.3 is 6.03 Å². The van der Waals surface area contributed by atoms with Crippen LogP contribution in [0.5, 0.6) is 0 Å². The molecule has 2 rings (SSSR count). The predicted molar refractivity (Wildman–Crippen MR) is 75.9 cm³/mol. The summed E-state index contributed by atoms with van der Waals surface area (Å²) < 4.78 is 26.0. The van der Waals surface area contributed by atoms with Crippen LogP contribution in [0.4, 0.5) is 4.79 Å². The molecular weight excluding hydrogens is 296 g/mol. The van der Waals surface area contributed by atoms with E-state index in [2.05, 4.69) is 15.5 Å². The first-order valence-electron chi connectivity index (χ1n) is 6.63. The molecule has 0 bridgehead atoms. The van der Waals surface area contributed by atoms with Gasteiger partial charge < -0.3 is 14.8 Å². The van der Waals surface area contributed by atoms with Crippen LogP contribution in [0.2, 0.25) is 0 Å². The van der Waals surface area contributed by atoms with Crippen molar-refractivity contribution in [1.29, 1.82) is 0 Å². The van der Waals surface area contributed by atoms with Crippen molar-refractivity contribution in [3.8, 4) is 0 Å². The third-order valence-corrected chi connectivity index (χ3v) is 4.77. The zero-order valence-electron chi connectivity index (χ0n) is 12.4. The van der Waals surface area contributed by atoms with Crippen LogP contribution >= 0.6 is 0 Å². The van der Waals surface area contributed by atoms with Crippen molar-refractivity contribution in [2.24, 2.45) is 7.05 Å². The Labute approximate surface area is 124 Å². The van der Waals surface area contributed by atoms with Crippen LogP contribution in [0.3, 0.4) is 0 Å². The van der Waals surface area contributed by atoms with Crippen LogP contribution in [0.1, 0.15) is 18.8 Å². The molecule has 0 unspecified atom stereocenters. The fourth-order valence-electron chi connectivity index (χ4n) is 2.25. The lowest BCUT2D eigenvalue weighted by Crippen LogP contribution is -2.53. The number of carbonyl (C=O) groups is 1. The first kappa shape index (κ1) is 15.7. The smallest absolute Gasteiger partial charge is 0.318 e. The molecule has 0 radical (unpaired) electrons. The average Bonchev–Trinajstić information content (AvgIpc) is 2.84. The number of hydrogen-bond acceptors (Lipinski definition) is 5. The molecule has 1 aliphatic heterocycles. The lowest BCUT2D eigenvalue weighted by atomic mass is 10.3. The van der Waals surface area contributed by atoms with Gasteiger partial charge in [-0.15, -0.1) is 10.2 Å². The van der Waals surface area contributed by atoms with E-state index in [1.54, 1.807) is 15.8 Å². The fourth-order valence-corrected chi connectivity index (χ4v) is 3.07. The number of hydrogen-bond donors (Lipinski definition) is 1. The lowest BCUT2D eigenvalue weighted by Gasteiger charge is -2.33. The Hall–Kier alpha value is -1.68. The van der Waals surface area contributed by atoms with Crippen molar-refractivity contribution < 1.29 is 13.2 Å². The van der Waals surface area contributed by atoms with E-state index in [9.17, 15) is 13.2 Å². The Kier molecular flexibility index (Phi) is 4.47. The lowest BCUT2D eigenvalue weighted by molar-refractivity contribution is 0.169. The summed E-state index contributed by atoms with van der Waals surface area (Å²) in [5.74, 6) is 0.665. The first-order valence-corrected chi connectivity index (χ1v) is 8.48. The van der Waals surface area contributed by atoms with E-state index in [-0.39, 0.29) is 12.1 Å². The summed E-state index contributed by atoms with van der Waals surface area (Å²) in [6, 6.07) is -0.489. The second-order valence-corrected chi connectivity index (χ2v) is 7.10. The van der Waals surface area contributed by atoms with E-state index in [0.29, 0.717) is 32.0 Å². The number of nitrogens with zero attached hydrogens (tertiary/aromatic N) is 5. The maximum absolute atomic E-state index is 12.2. The molecule has 0 spiro atoms. The number of sulfonamides is 1. The van der Waals surface area contributed by atoms with Gasteiger partial charge in [0.15, 0.2) is 5.82 Å². The topological polar surface area (TPSA) is 100 Å². The average molecular weight is 316 g/mol. The molecule has 2 amide bonds. The number of aromatic nitrogens is 3. The Morgan fingerprint density at radius 1 is 1.33 bits per heavy atom. The van der Waals surface area contributed by atoms with Gasteiger partial charge in [0.05, 0.1) is 12.3 Å². The minimum atomic E-state index is -3.19. The van der Waals surface area contributed by atoms with E-state index < -0.39 is 10.0 Å². The highest BCUT2D eigenvalue weighted by atomic mass is 32.2. The number of carbonyl (C=O) groups excluding carboxylic acids is 1. The van der Waals surface area contributed by atoms with Crippen molar-refractivity contribution in [2.75, 3.05) is 32.4 Å². The monoisotopic (exact) mass is 316 g/mol. The molecule has 1 saturated heterocycles. The summed E-state index contributed by atoms with van der Waals surface area (Å²) in [4.78, 5) is 13.8. The normalized spacial score (nSPS) is 18.5. The molecule has 21 heavy (non-hydrogen) atoms. The molecule has 1 aromatic rings. The van der Waals surface area contributed by atoms with Crippen LogP contribution in [0, 0.1) is 0 Å². The third-order valence-electron chi connectivity index (χ3n) is 3.47. The summed E-state index contributed by atoms with van der Waals surface area (Å²) in [6.07, 6.45) is 2.75. The van der Waals surface area contributed by atoms with E-state index in [4.69, 9.17) is 0 Å². The highest BCUT2D eigenvalue weighted by Gasteiger charge is 2.27. The van der Waals surface area contributed by atoms with E-state index in [1.807, 2.05) is 14.0 Å². The summed E-state index contributed by atoms with van der Waals surface area (Å²) in [5.41, 5.74) is 0. The van der Waals surface area contributed by atoms with Crippen LogP contribution in [-0.2, 0) is 17.1 Å². The summed E-state index contributed by atoms with van der Waals surface area (Å²) in [7, 11) is -1.38. The summed E-state index contributed by atoms with van der Waals surface area (Å²) in [5, 5.41) is 10.6. The Balaban J connectivity index is 1.89. The Bertz CT molecular complexity index is 605. The van der Waals surface area contributed by atoms with E-state index in [0.717, 1.165) is 0 Å². The molecule has 1 fully saturated rings. The number of nitrogens with one attached hydrogen (secondary N) is 1. The molecule has 0 aliphatic carbocycles. The SMILES string of the molecule is C[C@H](NC(=O)N1CCN(S(C)(=O)=O)CC1)c1nncn1C. The van der Waals surface area contributed by atoms with Gasteiger partial charge in [-0.1, -0.05) is 0 Å². The van der Waals surface area contributed by atoms with Gasteiger partial charge in [-0.2, -0.15) is 4.31 Å². The standard InChI is InChI=1S/C11H20N6O3S/c1-9(10-14-12-8-15(10)2)13-11(18)16-4-6-17(7-5-16)21(3,19)20/h8-9H,4-7H2,1-3H3,(H,13,18)/t9-/m0/s1. The molecule has 1 N–H and O–H groups in total. The van der Waals surface area contributed by atoms with E-state index >= 15 is 0 Å². The molecule has 2 heterocycles. The zero-order valence-corrected chi connectivity index (χ0v) is 13.2. The molecule has 9 nitrogen and oxygen atoms in total. The molecule has 0 aromatic carbocycles. The number of aryl methyl sites for hydroxylation is 1. The van der Waals surface area contributed by atoms with Crippen LogP contribution in [0.15, 0.2) is 6.33 Å². The predicted octanol–water partition coefficient (Wildman–Crippen LogP) is -0.837. The zero-order chi connectivity index (χ0) is 15.6. The number of amides is 2. The summed E-state index contributed by atoms with van der Waals surface area (Å²) in [6.45, 7) is 3.23. The molecule has 10 heteroatoms. The number of piperazine rings is 1. The van der Waals surface area contributed by atoms with Crippen molar-refractivity contribution in [2.45, 2.75) is 13.0 Å². The Morgan fingerprint density at radius 3 is 2.43 bits per heavy atom. The van der Waals surface area contributed by atoms with Gasteiger partial charge in [0.2, 0.25) is 10.0 Å². The minimum absolute atomic E-state index is 0.223. The first-order chi connectivity index (χ1) is 9.79. The van der Waals surface area contributed by atoms with Gasteiger partial charge in [-0.3, -0.25) is 0 Å². The molecule has 1 aromatic heterocycles. The van der Waals surface area contributed by atoms with Gasteiger partial charge in [0.25, 0.3) is 0 Å². The van der Waals surface area contributed by atoms with Crippen molar-refractivity contribution in [1.82, 2.24) is 29.3 Å². The summed E-state index contributed by atoms with van der Waals surface area (Å²) >= 11 is 0. The van der Waals surface area contributed by atoms with Gasteiger partial charge in [0.1, 0.15) is 6.33 Å². The van der Waals surface area contributed by atoms with Crippen LogP contribution < -0.4 is 5.32 Å². The minimum Gasteiger partial charge on any atom is -0.328 e. The largest absolute Gasteiger partial charge is 0.328 e. The molecule has 118 valence electrons. The maximum Gasteiger partial charge on any atom is 0.318 e. The highest BCUT2D eigenvalue weighted by Crippen LogP contribution is 2.10. The third kappa shape index (κ3) is 3.70. The van der Waals surface area contributed by atoms with Crippen LogP contribution in [-0.4, -0.2) is 70.9 Å². The van der Waals surface area contributed by atoms with Gasteiger partial charge in [-0.05, 0) is 6.92 Å².